The Morgan fingerprint density at radius 2 is 1.90 bits per heavy atom. The molecule has 2 aromatic heterocycles. The van der Waals surface area contributed by atoms with Gasteiger partial charge in [-0.15, -0.1) is 0 Å². The Morgan fingerprint density at radius 3 is 2.57 bits per heavy atom. The second kappa shape index (κ2) is 5.45. The molecule has 0 aliphatic rings. The van der Waals surface area contributed by atoms with Crippen molar-refractivity contribution in [2.24, 2.45) is 0 Å². The number of nitrogens with one attached hydrogen (secondary N) is 1. The van der Waals surface area contributed by atoms with Gasteiger partial charge in [-0.05, 0) is 23.8 Å². The van der Waals surface area contributed by atoms with Gasteiger partial charge in [0.2, 0.25) is 5.88 Å². The summed E-state index contributed by atoms with van der Waals surface area (Å²) in [6.45, 7) is 0. The Hall–Kier alpha value is -2.54. The lowest BCUT2D eigenvalue weighted by atomic mass is 10.1. The summed E-state index contributed by atoms with van der Waals surface area (Å²) < 4.78 is 0.800. The summed E-state index contributed by atoms with van der Waals surface area (Å²) in [6.07, 6.45) is 3.06. The minimum Gasteiger partial charge on any atom is -0.493 e. The van der Waals surface area contributed by atoms with Crippen molar-refractivity contribution in [2.75, 3.05) is 0 Å². The number of halogens is 1. The van der Waals surface area contributed by atoms with Crippen molar-refractivity contribution in [2.45, 2.75) is 0 Å². The van der Waals surface area contributed by atoms with Crippen LogP contribution in [-0.2, 0) is 0 Å². The first-order chi connectivity index (χ1) is 10.1. The van der Waals surface area contributed by atoms with Crippen LogP contribution >= 0.6 is 15.9 Å². The summed E-state index contributed by atoms with van der Waals surface area (Å²) in [7, 11) is 0. The Morgan fingerprint density at radius 1 is 1.14 bits per heavy atom. The highest BCUT2D eigenvalue weighted by Gasteiger charge is 2.15. The van der Waals surface area contributed by atoms with Crippen molar-refractivity contribution < 1.29 is 5.11 Å². The topological polar surface area (TPSA) is 91.8 Å². The quantitative estimate of drug-likeness (QED) is 0.744. The minimum atomic E-state index is -0.456. The zero-order valence-corrected chi connectivity index (χ0v) is 12.2. The molecule has 7 heteroatoms. The van der Waals surface area contributed by atoms with E-state index in [1.165, 1.54) is 12.4 Å². The minimum absolute atomic E-state index is 0.107. The zero-order chi connectivity index (χ0) is 14.8. The monoisotopic (exact) mass is 344 g/mol. The highest BCUT2D eigenvalue weighted by Crippen LogP contribution is 2.26. The van der Waals surface area contributed by atoms with Gasteiger partial charge in [0.05, 0.1) is 0 Å². The summed E-state index contributed by atoms with van der Waals surface area (Å²) in [5.41, 5.74) is 0.218. The van der Waals surface area contributed by atoms with E-state index in [0.717, 1.165) is 4.47 Å². The lowest BCUT2D eigenvalue weighted by molar-refractivity contribution is 0.454. The van der Waals surface area contributed by atoms with Crippen LogP contribution in [0.1, 0.15) is 0 Å². The molecule has 3 rings (SSSR count). The molecular formula is C14H9BrN4O2. The highest BCUT2D eigenvalue weighted by atomic mass is 79.9. The summed E-state index contributed by atoms with van der Waals surface area (Å²) in [6, 6.07) is 8.69. The maximum Gasteiger partial charge on any atom is 0.263 e. The third-order valence-corrected chi connectivity index (χ3v) is 3.28. The number of nitrogens with zero attached hydrogens (tertiary/aromatic N) is 3. The van der Waals surface area contributed by atoms with E-state index < -0.39 is 5.56 Å². The van der Waals surface area contributed by atoms with Gasteiger partial charge in [0.15, 0.2) is 11.6 Å². The van der Waals surface area contributed by atoms with Gasteiger partial charge >= 0.3 is 0 Å². The number of H-pyrrole nitrogens is 1. The number of hydrogen-bond donors (Lipinski definition) is 2. The van der Waals surface area contributed by atoms with Gasteiger partial charge in [-0.3, -0.25) is 4.79 Å². The Bertz CT molecular complexity index is 849. The van der Waals surface area contributed by atoms with Crippen LogP contribution in [-0.4, -0.2) is 25.0 Å². The van der Waals surface area contributed by atoms with E-state index in [4.69, 9.17) is 0 Å². The van der Waals surface area contributed by atoms with E-state index in [2.05, 4.69) is 35.9 Å². The number of aromatic amines is 1. The van der Waals surface area contributed by atoms with Gasteiger partial charge < -0.3 is 10.1 Å². The average molecular weight is 345 g/mol. The first-order valence-corrected chi connectivity index (χ1v) is 6.81. The summed E-state index contributed by atoms with van der Waals surface area (Å²) >= 11 is 3.33. The fourth-order valence-electron chi connectivity index (χ4n) is 1.89. The van der Waals surface area contributed by atoms with Gasteiger partial charge in [0, 0.05) is 16.9 Å². The SMILES string of the molecule is O=c1[nH]c(-c2ncccn2)nc(O)c1-c1cccc(Br)c1. The maximum atomic E-state index is 12.2. The molecule has 0 amide bonds. The highest BCUT2D eigenvalue weighted by molar-refractivity contribution is 9.10. The van der Waals surface area contributed by atoms with Crippen LogP contribution in [0, 0.1) is 0 Å². The molecule has 0 atom stereocenters. The Kier molecular flexibility index (Phi) is 3.49. The number of rotatable bonds is 2. The lowest BCUT2D eigenvalue weighted by Gasteiger charge is -2.05. The van der Waals surface area contributed by atoms with E-state index in [1.54, 1.807) is 24.3 Å². The molecule has 21 heavy (non-hydrogen) atoms. The molecule has 0 fully saturated rings. The van der Waals surface area contributed by atoms with Crippen molar-refractivity contribution in [3.8, 4) is 28.7 Å². The van der Waals surface area contributed by atoms with Gasteiger partial charge in [0.25, 0.3) is 5.56 Å². The largest absolute Gasteiger partial charge is 0.493 e. The predicted octanol–water partition coefficient (Wildman–Crippen LogP) is 2.36. The molecule has 1 aromatic carbocycles. The van der Waals surface area contributed by atoms with E-state index in [9.17, 15) is 9.90 Å². The predicted molar refractivity (Wildman–Crippen MR) is 80.7 cm³/mol. The molecule has 6 nitrogen and oxygen atoms in total. The molecule has 0 saturated carbocycles. The zero-order valence-electron chi connectivity index (χ0n) is 10.6. The van der Waals surface area contributed by atoms with Crippen LogP contribution in [0.15, 0.2) is 52.0 Å². The average Bonchev–Trinajstić information content (AvgIpc) is 2.47. The summed E-state index contributed by atoms with van der Waals surface area (Å²) in [5, 5.41) is 10.1. The van der Waals surface area contributed by atoms with E-state index in [0.29, 0.717) is 5.56 Å². The molecule has 0 bridgehead atoms. The number of hydrogen-bond acceptors (Lipinski definition) is 5. The summed E-state index contributed by atoms with van der Waals surface area (Å²) in [5.74, 6) is 0.00171. The summed E-state index contributed by atoms with van der Waals surface area (Å²) in [4.78, 5) is 26.7. The molecule has 0 radical (unpaired) electrons. The number of benzene rings is 1. The fraction of sp³-hybridized carbons (Fsp3) is 0. The molecule has 2 N–H and O–H groups in total. The van der Waals surface area contributed by atoms with Crippen LogP contribution < -0.4 is 5.56 Å². The Labute approximate surface area is 127 Å². The van der Waals surface area contributed by atoms with Crippen molar-refractivity contribution in [3.05, 3.63) is 57.6 Å². The van der Waals surface area contributed by atoms with Crippen LogP contribution in [0.25, 0.3) is 22.8 Å². The fourth-order valence-corrected chi connectivity index (χ4v) is 2.29. The molecule has 0 saturated heterocycles. The molecule has 0 aliphatic heterocycles. The first kappa shape index (κ1) is 13.4. The second-order valence-corrected chi connectivity index (χ2v) is 5.11. The normalized spacial score (nSPS) is 10.5. The van der Waals surface area contributed by atoms with Crippen LogP contribution in [0.2, 0.25) is 0 Å². The van der Waals surface area contributed by atoms with Gasteiger partial charge in [-0.25, -0.2) is 9.97 Å². The number of aromatic hydroxyl groups is 1. The smallest absolute Gasteiger partial charge is 0.263 e. The molecule has 0 aliphatic carbocycles. The van der Waals surface area contributed by atoms with Crippen LogP contribution in [0.5, 0.6) is 5.88 Å². The van der Waals surface area contributed by atoms with Crippen molar-refractivity contribution in [3.63, 3.8) is 0 Å². The molecule has 0 spiro atoms. The number of aromatic nitrogens is 4. The third kappa shape index (κ3) is 2.68. The van der Waals surface area contributed by atoms with Gasteiger partial charge in [-0.1, -0.05) is 28.1 Å². The molecule has 0 unspecified atom stereocenters. The van der Waals surface area contributed by atoms with E-state index >= 15 is 0 Å². The van der Waals surface area contributed by atoms with E-state index in [-0.39, 0.29) is 23.1 Å². The molecular weight excluding hydrogens is 336 g/mol. The van der Waals surface area contributed by atoms with Crippen molar-refractivity contribution >= 4 is 15.9 Å². The molecule has 2 heterocycles. The Balaban J connectivity index is 2.16. The lowest BCUT2D eigenvalue weighted by Crippen LogP contribution is -2.13. The maximum absolute atomic E-state index is 12.2. The second-order valence-electron chi connectivity index (χ2n) is 4.20. The first-order valence-electron chi connectivity index (χ1n) is 6.02. The molecule has 104 valence electrons. The van der Waals surface area contributed by atoms with Gasteiger partial charge in [-0.2, -0.15) is 4.98 Å². The van der Waals surface area contributed by atoms with Crippen LogP contribution in [0.4, 0.5) is 0 Å². The van der Waals surface area contributed by atoms with E-state index in [1.807, 2.05) is 6.07 Å². The third-order valence-electron chi connectivity index (χ3n) is 2.79. The van der Waals surface area contributed by atoms with Crippen molar-refractivity contribution in [1.29, 1.82) is 0 Å². The standard InChI is InChI=1S/C14H9BrN4O2/c15-9-4-1-3-8(7-9)10-13(20)18-12(19-14(10)21)11-16-5-2-6-17-11/h1-7H,(H2,18,19,20,21). The van der Waals surface area contributed by atoms with Crippen LogP contribution in [0.3, 0.4) is 0 Å². The molecule has 3 aromatic rings. The van der Waals surface area contributed by atoms with Crippen molar-refractivity contribution in [1.82, 2.24) is 19.9 Å². The van der Waals surface area contributed by atoms with Gasteiger partial charge in [0.1, 0.15) is 5.56 Å².